The fourth-order valence-electron chi connectivity index (χ4n) is 2.88. The molecule has 2 rings (SSSR count). The Morgan fingerprint density at radius 3 is 2.34 bits per heavy atom. The Labute approximate surface area is 181 Å². The Morgan fingerprint density at radius 2 is 1.79 bits per heavy atom. The van der Waals surface area contributed by atoms with Crippen molar-refractivity contribution in [2.24, 2.45) is 0 Å². The van der Waals surface area contributed by atoms with Crippen LogP contribution in [0, 0.1) is 0 Å². The van der Waals surface area contributed by atoms with Crippen LogP contribution in [0.5, 0.6) is 5.75 Å². The molecule has 1 atom stereocenters. The number of ether oxygens (including phenoxy) is 1. The molecule has 0 saturated carbocycles. The molecule has 0 saturated heterocycles. The van der Waals surface area contributed by atoms with Gasteiger partial charge in [0.2, 0.25) is 5.91 Å². The monoisotopic (exact) mass is 460 g/mol. The molecule has 0 radical (unpaired) electrons. The number of benzene rings is 2. The molecule has 1 N–H and O–H groups in total. The highest BCUT2D eigenvalue weighted by molar-refractivity contribution is 9.10. The van der Waals surface area contributed by atoms with Crippen LogP contribution in [0.15, 0.2) is 53.0 Å². The lowest BCUT2D eigenvalue weighted by molar-refractivity contribution is -0.142. The maximum atomic E-state index is 12.9. The van der Waals surface area contributed by atoms with Crippen LogP contribution in [-0.4, -0.2) is 36.4 Å². The minimum atomic E-state index is -0.608. The minimum absolute atomic E-state index is 0.0201. The molecule has 0 aliphatic carbocycles. The van der Waals surface area contributed by atoms with Gasteiger partial charge in [-0.25, -0.2) is 0 Å². The molecule has 0 aliphatic rings. The molecule has 6 heteroatoms. The van der Waals surface area contributed by atoms with E-state index in [2.05, 4.69) is 42.0 Å². The highest BCUT2D eigenvalue weighted by Crippen LogP contribution is 2.31. The number of carbonyl (C=O) groups excluding carboxylic acids is 2. The number of rotatable bonds is 7. The molecule has 1 unspecified atom stereocenters. The molecule has 29 heavy (non-hydrogen) atoms. The van der Waals surface area contributed by atoms with Crippen LogP contribution < -0.4 is 10.1 Å². The van der Waals surface area contributed by atoms with E-state index >= 15 is 0 Å². The molecule has 0 bridgehead atoms. The minimum Gasteiger partial charge on any atom is -0.483 e. The second-order valence-corrected chi connectivity index (χ2v) is 8.84. The van der Waals surface area contributed by atoms with Gasteiger partial charge in [0.15, 0.2) is 6.61 Å². The van der Waals surface area contributed by atoms with Crippen molar-refractivity contribution in [1.29, 1.82) is 0 Å². The van der Waals surface area contributed by atoms with Crippen LogP contribution in [0.1, 0.15) is 38.8 Å². The Bertz CT molecular complexity index is 847. The summed E-state index contributed by atoms with van der Waals surface area (Å²) in [5, 5.41) is 2.61. The van der Waals surface area contributed by atoms with Gasteiger partial charge in [-0.2, -0.15) is 0 Å². The second-order valence-electron chi connectivity index (χ2n) is 7.98. The third-order valence-electron chi connectivity index (χ3n) is 4.76. The lowest BCUT2D eigenvalue weighted by atomic mass is 9.87. The number of nitrogens with zero attached hydrogens (tertiary/aromatic N) is 1. The highest BCUT2D eigenvalue weighted by atomic mass is 79.9. The summed E-state index contributed by atoms with van der Waals surface area (Å²) in [6.45, 7) is 8.32. The summed E-state index contributed by atoms with van der Waals surface area (Å²) in [5.74, 6) is 0.125. The summed E-state index contributed by atoms with van der Waals surface area (Å²) in [4.78, 5) is 26.6. The van der Waals surface area contributed by atoms with Gasteiger partial charge in [0, 0.05) is 13.6 Å². The van der Waals surface area contributed by atoms with Crippen molar-refractivity contribution in [3.05, 3.63) is 64.1 Å². The van der Waals surface area contributed by atoms with E-state index < -0.39 is 6.04 Å². The number of hydrogen-bond donors (Lipinski definition) is 1. The van der Waals surface area contributed by atoms with Crippen molar-refractivity contribution in [3.8, 4) is 5.75 Å². The summed E-state index contributed by atoms with van der Waals surface area (Å²) in [6.07, 6.45) is 0. The fourth-order valence-corrected chi connectivity index (χ4v) is 3.37. The third kappa shape index (κ3) is 6.32. The number of likely N-dealkylation sites (N-methyl/N-ethyl adjacent to an activating group) is 1. The van der Waals surface area contributed by atoms with E-state index in [-0.39, 0.29) is 23.8 Å². The third-order valence-corrected chi connectivity index (χ3v) is 5.38. The first kappa shape index (κ1) is 22.9. The Hall–Kier alpha value is -2.34. The molecule has 2 amide bonds. The maximum absolute atomic E-state index is 12.9. The topological polar surface area (TPSA) is 58.6 Å². The van der Waals surface area contributed by atoms with Crippen molar-refractivity contribution < 1.29 is 14.3 Å². The van der Waals surface area contributed by atoms with Crippen molar-refractivity contribution >= 4 is 27.7 Å². The van der Waals surface area contributed by atoms with Gasteiger partial charge in [0.1, 0.15) is 11.8 Å². The number of hydrogen-bond acceptors (Lipinski definition) is 3. The zero-order chi connectivity index (χ0) is 21.6. The van der Waals surface area contributed by atoms with E-state index in [0.29, 0.717) is 12.3 Å². The zero-order valence-electron chi connectivity index (χ0n) is 17.7. The number of nitrogens with one attached hydrogen (secondary N) is 1. The van der Waals surface area contributed by atoms with Crippen LogP contribution in [0.25, 0.3) is 0 Å². The predicted molar refractivity (Wildman–Crippen MR) is 119 cm³/mol. The van der Waals surface area contributed by atoms with Gasteiger partial charge in [-0.3, -0.25) is 9.59 Å². The Kier molecular flexibility index (Phi) is 7.85. The number of amides is 2. The van der Waals surface area contributed by atoms with Gasteiger partial charge in [-0.15, -0.1) is 0 Å². The van der Waals surface area contributed by atoms with Gasteiger partial charge >= 0.3 is 0 Å². The van der Waals surface area contributed by atoms with Crippen LogP contribution in [-0.2, 0) is 21.5 Å². The second kappa shape index (κ2) is 9.92. The van der Waals surface area contributed by atoms with Gasteiger partial charge in [-0.1, -0.05) is 57.2 Å². The normalized spacial score (nSPS) is 12.2. The van der Waals surface area contributed by atoms with Crippen molar-refractivity contribution in [2.45, 2.75) is 45.7 Å². The summed E-state index contributed by atoms with van der Waals surface area (Å²) in [6, 6.07) is 14.9. The summed E-state index contributed by atoms with van der Waals surface area (Å²) in [5.41, 5.74) is 2.14. The number of carbonyl (C=O) groups is 2. The highest BCUT2D eigenvalue weighted by Gasteiger charge is 2.26. The van der Waals surface area contributed by atoms with E-state index in [4.69, 9.17) is 4.74 Å². The molecule has 0 aromatic heterocycles. The molecule has 0 heterocycles. The average molecular weight is 461 g/mol. The van der Waals surface area contributed by atoms with Crippen molar-refractivity contribution in [3.63, 3.8) is 0 Å². The zero-order valence-corrected chi connectivity index (χ0v) is 19.2. The first-order chi connectivity index (χ1) is 13.6. The summed E-state index contributed by atoms with van der Waals surface area (Å²) in [7, 11) is 1.56. The first-order valence-electron chi connectivity index (χ1n) is 9.61. The summed E-state index contributed by atoms with van der Waals surface area (Å²) >= 11 is 3.53. The maximum Gasteiger partial charge on any atom is 0.261 e. The quantitative estimate of drug-likeness (QED) is 0.670. The Morgan fingerprint density at radius 1 is 1.14 bits per heavy atom. The lowest BCUT2D eigenvalue weighted by Gasteiger charge is -2.28. The van der Waals surface area contributed by atoms with Gasteiger partial charge in [0.05, 0.1) is 4.47 Å². The van der Waals surface area contributed by atoms with E-state index in [9.17, 15) is 9.59 Å². The van der Waals surface area contributed by atoms with Crippen molar-refractivity contribution in [2.75, 3.05) is 13.7 Å². The molecule has 156 valence electrons. The van der Waals surface area contributed by atoms with Gasteiger partial charge in [0.25, 0.3) is 5.91 Å². The van der Waals surface area contributed by atoms with E-state index in [1.54, 1.807) is 14.0 Å². The van der Waals surface area contributed by atoms with Crippen LogP contribution in [0.4, 0.5) is 0 Å². The predicted octanol–water partition coefficient (Wildman–Crippen LogP) is 4.29. The fraction of sp³-hybridized carbons (Fsp3) is 0.391. The average Bonchev–Trinajstić information content (AvgIpc) is 2.69. The van der Waals surface area contributed by atoms with E-state index in [0.717, 1.165) is 10.0 Å². The van der Waals surface area contributed by atoms with E-state index in [1.165, 1.54) is 10.5 Å². The number of halogens is 1. The summed E-state index contributed by atoms with van der Waals surface area (Å²) < 4.78 is 6.58. The van der Waals surface area contributed by atoms with E-state index in [1.807, 2.05) is 48.5 Å². The molecule has 0 spiro atoms. The SMILES string of the molecule is CNC(=O)C(C)N(Cc1ccccc1)C(=O)COc1ccc(C(C)(C)C)cc1Br. The van der Waals surface area contributed by atoms with Gasteiger partial charge in [-0.05, 0) is 51.5 Å². The smallest absolute Gasteiger partial charge is 0.261 e. The lowest BCUT2D eigenvalue weighted by Crippen LogP contribution is -2.48. The first-order valence-corrected chi connectivity index (χ1v) is 10.4. The molecule has 5 nitrogen and oxygen atoms in total. The molecular weight excluding hydrogens is 432 g/mol. The van der Waals surface area contributed by atoms with Crippen LogP contribution in [0.2, 0.25) is 0 Å². The Balaban J connectivity index is 2.14. The molecular formula is C23H29BrN2O3. The largest absolute Gasteiger partial charge is 0.483 e. The van der Waals surface area contributed by atoms with Crippen LogP contribution >= 0.6 is 15.9 Å². The van der Waals surface area contributed by atoms with Gasteiger partial charge < -0.3 is 15.0 Å². The standard InChI is InChI=1S/C23H29BrN2O3/c1-16(22(28)25-5)26(14-17-9-7-6-8-10-17)21(27)15-29-20-12-11-18(13-19(20)24)23(2,3)4/h6-13,16H,14-15H2,1-5H3,(H,25,28). The van der Waals surface area contributed by atoms with Crippen LogP contribution in [0.3, 0.4) is 0 Å². The molecule has 2 aromatic rings. The molecule has 0 aliphatic heterocycles. The molecule has 0 fully saturated rings. The molecule has 2 aromatic carbocycles. The van der Waals surface area contributed by atoms with Crippen molar-refractivity contribution in [1.82, 2.24) is 10.2 Å².